The minimum Gasteiger partial charge on any atom is -0.504 e. The number of fused-ring (bicyclic) bond motifs is 5. The summed E-state index contributed by atoms with van der Waals surface area (Å²) in [7, 11) is 0. The quantitative estimate of drug-likeness (QED) is 0.712. The van der Waals surface area contributed by atoms with Gasteiger partial charge in [-0.25, -0.2) is 0 Å². The van der Waals surface area contributed by atoms with Gasteiger partial charge in [-0.3, -0.25) is 4.79 Å². The lowest BCUT2D eigenvalue weighted by atomic mass is 9.47. The molecule has 23 heavy (non-hydrogen) atoms. The fourth-order valence-corrected chi connectivity index (χ4v) is 6.52. The molecule has 0 aromatic carbocycles. The summed E-state index contributed by atoms with van der Waals surface area (Å²) < 4.78 is 0. The fraction of sp³-hybridized carbons (Fsp3) is 0.750. The molecule has 0 radical (unpaired) electrons. The van der Waals surface area contributed by atoms with Crippen molar-refractivity contribution in [3.63, 3.8) is 0 Å². The minimum atomic E-state index is -0.555. The molecule has 6 unspecified atom stereocenters. The van der Waals surface area contributed by atoms with Crippen molar-refractivity contribution in [1.82, 2.24) is 0 Å². The number of hydrogen-bond donors (Lipinski definition) is 2. The molecule has 0 amide bonds. The van der Waals surface area contributed by atoms with E-state index in [0.717, 1.165) is 38.5 Å². The maximum atomic E-state index is 11.8. The highest BCUT2D eigenvalue weighted by molar-refractivity contribution is 6.04. The van der Waals surface area contributed by atoms with Crippen molar-refractivity contribution in [2.45, 2.75) is 64.9 Å². The van der Waals surface area contributed by atoms with E-state index >= 15 is 0 Å². The Morgan fingerprint density at radius 3 is 2.52 bits per heavy atom. The molecule has 0 aliphatic heterocycles. The second-order valence-electron chi connectivity index (χ2n) is 9.03. The zero-order valence-corrected chi connectivity index (χ0v) is 14.4. The van der Waals surface area contributed by atoms with E-state index < -0.39 is 5.60 Å². The van der Waals surface area contributed by atoms with E-state index in [2.05, 4.69) is 13.8 Å². The summed E-state index contributed by atoms with van der Waals surface area (Å²) in [5.41, 5.74) is 0.480. The number of allylic oxidation sites excluding steroid dienone is 3. The summed E-state index contributed by atoms with van der Waals surface area (Å²) in [6.07, 6.45) is 9.69. The molecule has 3 saturated carbocycles. The number of aliphatic hydroxyl groups excluding tert-OH is 1. The van der Waals surface area contributed by atoms with Crippen molar-refractivity contribution in [3.05, 3.63) is 23.5 Å². The lowest BCUT2D eigenvalue weighted by Crippen LogP contribution is -2.53. The van der Waals surface area contributed by atoms with Crippen molar-refractivity contribution < 1.29 is 15.0 Å². The third kappa shape index (κ3) is 1.83. The van der Waals surface area contributed by atoms with Crippen LogP contribution in [-0.4, -0.2) is 21.6 Å². The molecule has 0 heterocycles. The smallest absolute Gasteiger partial charge is 0.219 e. The molecule has 0 bridgehead atoms. The third-order valence-electron chi connectivity index (χ3n) is 8.20. The van der Waals surface area contributed by atoms with Gasteiger partial charge in [0, 0.05) is 5.41 Å². The van der Waals surface area contributed by atoms with Crippen LogP contribution < -0.4 is 0 Å². The van der Waals surface area contributed by atoms with Gasteiger partial charge in [0.05, 0.1) is 5.60 Å². The van der Waals surface area contributed by atoms with Crippen molar-refractivity contribution in [2.75, 3.05) is 0 Å². The summed E-state index contributed by atoms with van der Waals surface area (Å²) in [4.78, 5) is 11.8. The van der Waals surface area contributed by atoms with Crippen molar-refractivity contribution in [1.29, 1.82) is 0 Å². The summed E-state index contributed by atoms with van der Waals surface area (Å²) in [5, 5.41) is 20.9. The number of hydrogen-bond acceptors (Lipinski definition) is 3. The second-order valence-corrected chi connectivity index (χ2v) is 9.03. The molecule has 4 aliphatic rings. The van der Waals surface area contributed by atoms with Gasteiger partial charge in [-0.15, -0.1) is 0 Å². The van der Waals surface area contributed by atoms with Crippen LogP contribution in [0.4, 0.5) is 0 Å². The molecule has 0 spiro atoms. The molecule has 3 heteroatoms. The van der Waals surface area contributed by atoms with Gasteiger partial charge >= 0.3 is 0 Å². The van der Waals surface area contributed by atoms with E-state index in [-0.39, 0.29) is 22.4 Å². The van der Waals surface area contributed by atoms with Crippen LogP contribution in [0.2, 0.25) is 0 Å². The van der Waals surface area contributed by atoms with Crippen LogP contribution in [0.25, 0.3) is 0 Å². The first kappa shape index (κ1) is 15.4. The van der Waals surface area contributed by atoms with E-state index in [1.807, 2.05) is 13.0 Å². The minimum absolute atomic E-state index is 0.0159. The monoisotopic (exact) mass is 316 g/mol. The van der Waals surface area contributed by atoms with Crippen LogP contribution in [0.15, 0.2) is 23.5 Å². The maximum absolute atomic E-state index is 11.8. The van der Waals surface area contributed by atoms with Crippen molar-refractivity contribution in [2.24, 2.45) is 28.6 Å². The molecule has 0 saturated heterocycles. The number of aliphatic hydroxyl groups is 2. The Morgan fingerprint density at radius 2 is 1.78 bits per heavy atom. The van der Waals surface area contributed by atoms with Gasteiger partial charge in [0.25, 0.3) is 0 Å². The molecule has 0 aromatic heterocycles. The molecule has 3 nitrogen and oxygen atoms in total. The Labute approximate surface area is 138 Å². The van der Waals surface area contributed by atoms with Crippen LogP contribution in [0.5, 0.6) is 0 Å². The van der Waals surface area contributed by atoms with Gasteiger partial charge in [-0.1, -0.05) is 19.4 Å². The van der Waals surface area contributed by atoms with Crippen LogP contribution in [0.3, 0.4) is 0 Å². The first-order valence-electron chi connectivity index (χ1n) is 9.09. The largest absolute Gasteiger partial charge is 0.504 e. The number of carbonyl (C=O) groups is 1. The average Bonchev–Trinajstić information content (AvgIpc) is 2.71. The molecule has 2 N–H and O–H groups in total. The van der Waals surface area contributed by atoms with E-state index in [1.54, 1.807) is 6.08 Å². The Balaban J connectivity index is 1.73. The van der Waals surface area contributed by atoms with Crippen LogP contribution in [-0.2, 0) is 4.79 Å². The molecular weight excluding hydrogens is 288 g/mol. The fourth-order valence-electron chi connectivity index (χ4n) is 6.52. The summed E-state index contributed by atoms with van der Waals surface area (Å²) in [6, 6.07) is 0. The normalized spacial score (nSPS) is 52.2. The van der Waals surface area contributed by atoms with Crippen molar-refractivity contribution in [3.8, 4) is 0 Å². The summed E-state index contributed by atoms with van der Waals surface area (Å²) >= 11 is 0. The van der Waals surface area contributed by atoms with Crippen LogP contribution in [0.1, 0.15) is 59.3 Å². The Hall–Kier alpha value is -1.09. The first-order valence-corrected chi connectivity index (χ1v) is 9.09. The molecule has 0 aromatic rings. The summed E-state index contributed by atoms with van der Waals surface area (Å²) in [5.74, 6) is 1.30. The average molecular weight is 316 g/mol. The van der Waals surface area contributed by atoms with Gasteiger partial charge in [0.15, 0.2) is 5.76 Å². The van der Waals surface area contributed by atoms with Gasteiger partial charge in [-0.2, -0.15) is 0 Å². The van der Waals surface area contributed by atoms with Gasteiger partial charge in [-0.05, 0) is 80.8 Å². The van der Waals surface area contributed by atoms with E-state index in [0.29, 0.717) is 17.8 Å². The van der Waals surface area contributed by atoms with Crippen LogP contribution >= 0.6 is 0 Å². The zero-order chi connectivity index (χ0) is 16.6. The molecule has 126 valence electrons. The maximum Gasteiger partial charge on any atom is 0.219 e. The lowest BCUT2D eigenvalue weighted by molar-refractivity contribution is -0.117. The molecule has 6 atom stereocenters. The number of rotatable bonds is 0. The lowest BCUT2D eigenvalue weighted by Gasteiger charge is -2.57. The van der Waals surface area contributed by atoms with Crippen molar-refractivity contribution >= 4 is 5.78 Å². The Kier molecular flexibility index (Phi) is 3.02. The highest BCUT2D eigenvalue weighted by Gasteiger charge is 2.62. The summed E-state index contributed by atoms with van der Waals surface area (Å²) in [6.45, 7) is 6.51. The van der Waals surface area contributed by atoms with E-state index in [9.17, 15) is 15.0 Å². The van der Waals surface area contributed by atoms with E-state index in [1.165, 1.54) is 5.57 Å². The highest BCUT2D eigenvalue weighted by atomic mass is 16.3. The second kappa shape index (κ2) is 4.50. The Morgan fingerprint density at radius 1 is 1.09 bits per heavy atom. The molecule has 4 rings (SSSR count). The van der Waals surface area contributed by atoms with Crippen LogP contribution in [0, 0.1) is 28.6 Å². The number of carbonyl (C=O) groups excluding carboxylic acids is 1. The molecule has 4 aliphatic carbocycles. The van der Waals surface area contributed by atoms with Gasteiger partial charge in [0.2, 0.25) is 5.78 Å². The predicted octanol–water partition coefficient (Wildman–Crippen LogP) is 3.93. The highest BCUT2D eigenvalue weighted by Crippen LogP contribution is 2.66. The third-order valence-corrected chi connectivity index (χ3v) is 8.20. The predicted molar refractivity (Wildman–Crippen MR) is 88.8 cm³/mol. The molecular formula is C20H28O3. The zero-order valence-electron chi connectivity index (χ0n) is 14.4. The SMILES string of the molecule is CC12C=C(O)C(=O)C=C1CCC1C2CCC2(C)C1CCC2(C)O. The van der Waals surface area contributed by atoms with Gasteiger partial charge in [0.1, 0.15) is 0 Å². The number of ketones is 1. The first-order chi connectivity index (χ1) is 10.7. The van der Waals surface area contributed by atoms with Gasteiger partial charge < -0.3 is 10.2 Å². The molecule has 3 fully saturated rings. The van der Waals surface area contributed by atoms with E-state index in [4.69, 9.17) is 0 Å². The Bertz CT molecular complexity index is 629. The topological polar surface area (TPSA) is 57.5 Å². The standard InChI is InChI=1S/C20H28O3/c1-18-11-17(22)16(21)10-12(18)4-5-13-14(18)6-8-19(2)15(13)7-9-20(19,3)23/h10-11,13-15,22-23H,4-9H2,1-3H3.